The molecule has 3 rings (SSSR count). The monoisotopic (exact) mass is 327 g/mol. The lowest BCUT2D eigenvalue weighted by Gasteiger charge is -2.32. The fourth-order valence-corrected chi connectivity index (χ4v) is 2.73. The van der Waals surface area contributed by atoms with E-state index in [0.29, 0.717) is 0 Å². The number of aryl methyl sites for hydroxylation is 1. The van der Waals surface area contributed by atoms with Gasteiger partial charge in [-0.25, -0.2) is 4.98 Å². The fourth-order valence-electron chi connectivity index (χ4n) is 2.73. The number of ether oxygens (including phenoxy) is 1. The molecule has 24 heavy (non-hydrogen) atoms. The molecule has 2 aromatic rings. The number of methoxy groups -OCH3 is 1. The first kappa shape index (κ1) is 16.5. The Morgan fingerprint density at radius 3 is 2.46 bits per heavy atom. The zero-order valence-electron chi connectivity index (χ0n) is 14.6. The van der Waals surface area contributed by atoms with Gasteiger partial charge in [-0.3, -0.25) is 0 Å². The molecule has 0 unspecified atom stereocenters. The lowest BCUT2D eigenvalue weighted by Crippen LogP contribution is -2.45. The molecule has 0 aliphatic carbocycles. The maximum Gasteiger partial charge on any atom is 0.227 e. The molecule has 2 heterocycles. The van der Waals surface area contributed by atoms with Gasteiger partial charge in [-0.2, -0.15) is 4.98 Å². The second-order valence-electron chi connectivity index (χ2n) is 6.19. The number of rotatable bonds is 5. The van der Waals surface area contributed by atoms with Gasteiger partial charge in [0.1, 0.15) is 11.6 Å². The number of likely N-dealkylation sites (N-methyl/N-ethyl adjacent to an activating group) is 1. The largest absolute Gasteiger partial charge is 0.497 e. The lowest BCUT2D eigenvalue weighted by molar-refractivity contribution is 0.311. The van der Waals surface area contributed by atoms with E-state index in [1.54, 1.807) is 7.11 Å². The normalized spacial score (nSPS) is 15.4. The fraction of sp³-hybridized carbons (Fsp3) is 0.444. The zero-order valence-corrected chi connectivity index (χ0v) is 14.6. The molecule has 1 aliphatic rings. The second-order valence-corrected chi connectivity index (χ2v) is 6.19. The molecular weight excluding hydrogens is 302 g/mol. The van der Waals surface area contributed by atoms with E-state index in [9.17, 15) is 0 Å². The van der Waals surface area contributed by atoms with Gasteiger partial charge in [0.2, 0.25) is 5.95 Å². The standard InChI is InChI=1S/C18H25N5O/c1-14-12-17(19-13-15-4-6-16(24-3)7-5-15)21-18(20-14)23-10-8-22(2)9-11-23/h4-7,12H,8-11,13H2,1-3H3,(H,19,20,21). The quantitative estimate of drug-likeness (QED) is 0.908. The number of nitrogens with zero attached hydrogens (tertiary/aromatic N) is 4. The summed E-state index contributed by atoms with van der Waals surface area (Å²) in [5.41, 5.74) is 2.17. The van der Waals surface area contributed by atoms with Crippen LogP contribution in [0, 0.1) is 6.92 Å². The Labute approximate surface area is 143 Å². The third-order valence-electron chi connectivity index (χ3n) is 4.26. The molecule has 0 saturated carbocycles. The molecule has 1 fully saturated rings. The van der Waals surface area contributed by atoms with E-state index in [-0.39, 0.29) is 0 Å². The topological polar surface area (TPSA) is 53.5 Å². The first-order chi connectivity index (χ1) is 11.6. The molecule has 0 atom stereocenters. The van der Waals surface area contributed by atoms with E-state index < -0.39 is 0 Å². The molecule has 128 valence electrons. The van der Waals surface area contributed by atoms with Crippen LogP contribution in [0.5, 0.6) is 5.75 Å². The van der Waals surface area contributed by atoms with Crippen LogP contribution in [-0.4, -0.2) is 55.2 Å². The Kier molecular flexibility index (Phi) is 5.15. The number of hydrogen-bond acceptors (Lipinski definition) is 6. The van der Waals surface area contributed by atoms with Gasteiger partial charge in [-0.15, -0.1) is 0 Å². The predicted molar refractivity (Wildman–Crippen MR) is 96.8 cm³/mol. The Morgan fingerprint density at radius 2 is 1.79 bits per heavy atom. The van der Waals surface area contributed by atoms with E-state index in [4.69, 9.17) is 9.72 Å². The second kappa shape index (κ2) is 7.49. The van der Waals surface area contributed by atoms with Crippen molar-refractivity contribution < 1.29 is 4.74 Å². The molecule has 1 aromatic carbocycles. The summed E-state index contributed by atoms with van der Waals surface area (Å²) < 4.78 is 5.19. The van der Waals surface area contributed by atoms with Crippen molar-refractivity contribution in [3.63, 3.8) is 0 Å². The van der Waals surface area contributed by atoms with Crippen LogP contribution < -0.4 is 15.0 Å². The van der Waals surface area contributed by atoms with Crippen molar-refractivity contribution in [1.29, 1.82) is 0 Å². The van der Waals surface area contributed by atoms with Crippen LogP contribution >= 0.6 is 0 Å². The van der Waals surface area contributed by atoms with E-state index in [1.807, 2.05) is 25.1 Å². The van der Waals surface area contributed by atoms with Crippen molar-refractivity contribution in [3.8, 4) is 5.75 Å². The van der Waals surface area contributed by atoms with Crippen molar-refractivity contribution in [1.82, 2.24) is 14.9 Å². The summed E-state index contributed by atoms with van der Waals surface area (Å²) >= 11 is 0. The summed E-state index contributed by atoms with van der Waals surface area (Å²) in [4.78, 5) is 13.9. The van der Waals surface area contributed by atoms with E-state index in [2.05, 4.69) is 39.3 Å². The Balaban J connectivity index is 1.66. The van der Waals surface area contributed by atoms with Crippen molar-refractivity contribution in [2.75, 3.05) is 50.6 Å². The Hall–Kier alpha value is -2.34. The molecule has 6 heteroatoms. The van der Waals surface area contributed by atoms with Gasteiger partial charge in [0, 0.05) is 44.5 Å². The highest BCUT2D eigenvalue weighted by Gasteiger charge is 2.17. The number of anilines is 2. The van der Waals surface area contributed by atoms with E-state index in [1.165, 1.54) is 5.56 Å². The summed E-state index contributed by atoms with van der Waals surface area (Å²) in [6.45, 7) is 6.77. The smallest absolute Gasteiger partial charge is 0.227 e. The molecule has 1 aromatic heterocycles. The molecule has 1 saturated heterocycles. The minimum absolute atomic E-state index is 0.725. The first-order valence-corrected chi connectivity index (χ1v) is 8.30. The van der Waals surface area contributed by atoms with Crippen LogP contribution in [0.1, 0.15) is 11.3 Å². The molecule has 6 nitrogen and oxygen atoms in total. The van der Waals surface area contributed by atoms with Crippen molar-refractivity contribution in [2.45, 2.75) is 13.5 Å². The van der Waals surface area contributed by atoms with Crippen LogP contribution in [0.2, 0.25) is 0 Å². The van der Waals surface area contributed by atoms with Crippen LogP contribution in [0.4, 0.5) is 11.8 Å². The summed E-state index contributed by atoms with van der Waals surface area (Å²) in [5.74, 6) is 2.56. The molecule has 0 radical (unpaired) electrons. The van der Waals surface area contributed by atoms with Gasteiger partial charge in [0.15, 0.2) is 0 Å². The van der Waals surface area contributed by atoms with Crippen LogP contribution in [0.15, 0.2) is 30.3 Å². The van der Waals surface area contributed by atoms with Crippen LogP contribution in [-0.2, 0) is 6.54 Å². The third kappa shape index (κ3) is 4.14. The number of piperazine rings is 1. The van der Waals surface area contributed by atoms with Gasteiger partial charge < -0.3 is 19.9 Å². The zero-order chi connectivity index (χ0) is 16.9. The third-order valence-corrected chi connectivity index (χ3v) is 4.26. The van der Waals surface area contributed by atoms with E-state index in [0.717, 1.165) is 55.9 Å². The number of benzene rings is 1. The summed E-state index contributed by atoms with van der Waals surface area (Å²) in [6, 6.07) is 10.0. The SMILES string of the molecule is COc1ccc(CNc2cc(C)nc(N3CCN(C)CC3)n2)cc1. The Bertz CT molecular complexity index is 666. The summed E-state index contributed by atoms with van der Waals surface area (Å²) in [5, 5.41) is 3.40. The van der Waals surface area contributed by atoms with Gasteiger partial charge in [0.25, 0.3) is 0 Å². The average Bonchev–Trinajstić information content (AvgIpc) is 2.60. The number of hydrogen-bond donors (Lipinski definition) is 1. The van der Waals surface area contributed by atoms with Crippen LogP contribution in [0.3, 0.4) is 0 Å². The van der Waals surface area contributed by atoms with E-state index >= 15 is 0 Å². The highest BCUT2D eigenvalue weighted by molar-refractivity contribution is 5.44. The highest BCUT2D eigenvalue weighted by Crippen LogP contribution is 2.17. The van der Waals surface area contributed by atoms with Crippen molar-refractivity contribution in [3.05, 3.63) is 41.6 Å². The number of aromatic nitrogens is 2. The molecule has 1 aliphatic heterocycles. The maximum atomic E-state index is 5.19. The summed E-state index contributed by atoms with van der Waals surface area (Å²) in [6.07, 6.45) is 0. The van der Waals surface area contributed by atoms with Crippen molar-refractivity contribution >= 4 is 11.8 Å². The van der Waals surface area contributed by atoms with Crippen LogP contribution in [0.25, 0.3) is 0 Å². The minimum atomic E-state index is 0.725. The highest BCUT2D eigenvalue weighted by atomic mass is 16.5. The summed E-state index contributed by atoms with van der Waals surface area (Å²) in [7, 11) is 3.83. The van der Waals surface area contributed by atoms with Gasteiger partial charge >= 0.3 is 0 Å². The molecule has 0 amide bonds. The Morgan fingerprint density at radius 1 is 1.08 bits per heavy atom. The molecule has 0 bridgehead atoms. The van der Waals surface area contributed by atoms with Gasteiger partial charge in [-0.1, -0.05) is 12.1 Å². The van der Waals surface area contributed by atoms with Gasteiger partial charge in [-0.05, 0) is 31.7 Å². The predicted octanol–water partition coefficient (Wildman–Crippen LogP) is 2.16. The molecule has 0 spiro atoms. The molecular formula is C18H25N5O. The number of nitrogens with one attached hydrogen (secondary N) is 1. The minimum Gasteiger partial charge on any atom is -0.497 e. The average molecular weight is 327 g/mol. The first-order valence-electron chi connectivity index (χ1n) is 8.30. The van der Waals surface area contributed by atoms with Crippen molar-refractivity contribution in [2.24, 2.45) is 0 Å². The lowest BCUT2D eigenvalue weighted by atomic mass is 10.2. The van der Waals surface area contributed by atoms with Gasteiger partial charge in [0.05, 0.1) is 7.11 Å². The molecule has 1 N–H and O–H groups in total. The maximum absolute atomic E-state index is 5.19.